The van der Waals surface area contributed by atoms with E-state index < -0.39 is 23.1 Å². The molecule has 0 unspecified atom stereocenters. The van der Waals surface area contributed by atoms with Crippen LogP contribution in [-0.4, -0.2) is 33.2 Å². The van der Waals surface area contributed by atoms with Crippen molar-refractivity contribution in [3.8, 4) is 0 Å². The van der Waals surface area contributed by atoms with Gasteiger partial charge < -0.3 is 10.1 Å². The number of rotatable bonds is 2. The number of hydrogen-bond donors (Lipinski definition) is 4. The average Bonchev–Trinajstić information content (AvgIpc) is 3.00. The molecule has 0 spiro atoms. The van der Waals surface area contributed by atoms with Gasteiger partial charge in [0.1, 0.15) is 5.82 Å². The number of carbonyl (C=O) groups excluding carboxylic acids is 1. The molecule has 0 radical (unpaired) electrons. The Bertz CT molecular complexity index is 1120. The molecule has 1 aromatic carbocycles. The fraction of sp³-hybridized carbons (Fsp3) is 0.176. The van der Waals surface area contributed by atoms with Gasteiger partial charge in [0.2, 0.25) is 0 Å². The monoisotopic (exact) mass is 353 g/mol. The minimum Gasteiger partial charge on any atom is -0.465 e. The third-order valence-corrected chi connectivity index (χ3v) is 4.46. The number of fused-ring (bicyclic) bond motifs is 2. The first kappa shape index (κ1) is 15.9. The molecular formula is C17H15N5O4. The highest BCUT2D eigenvalue weighted by molar-refractivity contribution is 5.89. The predicted octanol–water partition coefficient (Wildman–Crippen LogP) is 1.12. The van der Waals surface area contributed by atoms with Crippen LogP contribution in [0.2, 0.25) is 0 Å². The summed E-state index contributed by atoms with van der Waals surface area (Å²) in [6.07, 6.45) is 0. The van der Waals surface area contributed by atoms with E-state index in [1.54, 1.807) is 24.3 Å². The highest BCUT2D eigenvalue weighted by Gasteiger charge is 2.33. The summed E-state index contributed by atoms with van der Waals surface area (Å²) < 4.78 is 4.71. The molecule has 0 saturated heterocycles. The van der Waals surface area contributed by atoms with Crippen molar-refractivity contribution in [3.63, 3.8) is 0 Å². The fourth-order valence-electron chi connectivity index (χ4n) is 3.28. The van der Waals surface area contributed by atoms with Crippen molar-refractivity contribution in [2.45, 2.75) is 12.8 Å². The molecule has 1 aliphatic heterocycles. The van der Waals surface area contributed by atoms with Crippen LogP contribution in [0.1, 0.15) is 38.7 Å². The Morgan fingerprint density at radius 1 is 1.12 bits per heavy atom. The molecule has 9 nitrogen and oxygen atoms in total. The number of ether oxygens (including phenoxy) is 1. The number of aromatic nitrogens is 4. The molecule has 1 aliphatic rings. The van der Waals surface area contributed by atoms with E-state index in [-0.39, 0.29) is 0 Å². The lowest BCUT2D eigenvalue weighted by atomic mass is 9.83. The van der Waals surface area contributed by atoms with Crippen molar-refractivity contribution < 1.29 is 9.53 Å². The Balaban J connectivity index is 1.93. The van der Waals surface area contributed by atoms with Gasteiger partial charge in [0.25, 0.3) is 5.56 Å². The first-order valence-corrected chi connectivity index (χ1v) is 7.86. The summed E-state index contributed by atoms with van der Waals surface area (Å²) in [4.78, 5) is 40.7. The van der Waals surface area contributed by atoms with Crippen molar-refractivity contribution in [2.24, 2.45) is 0 Å². The molecule has 9 heteroatoms. The van der Waals surface area contributed by atoms with Crippen LogP contribution in [0.4, 0.5) is 11.6 Å². The molecule has 26 heavy (non-hydrogen) atoms. The summed E-state index contributed by atoms with van der Waals surface area (Å²) >= 11 is 0. The first-order valence-electron chi connectivity index (χ1n) is 7.86. The molecule has 0 fully saturated rings. The van der Waals surface area contributed by atoms with E-state index in [2.05, 4.69) is 25.5 Å². The number of benzene rings is 1. The van der Waals surface area contributed by atoms with Crippen LogP contribution < -0.4 is 16.6 Å². The zero-order valence-electron chi connectivity index (χ0n) is 14.0. The second-order valence-electron chi connectivity index (χ2n) is 5.98. The molecule has 132 valence electrons. The fourth-order valence-corrected chi connectivity index (χ4v) is 3.28. The summed E-state index contributed by atoms with van der Waals surface area (Å²) in [7, 11) is 1.32. The number of H-pyrrole nitrogens is 3. The standard InChI is InChI=1S/C17H15N5O4/c1-7-10-11(8-3-5-9(6-4-8)16(24)26-2)12-13(18-14(10)22-21-7)19-17(25)20-15(12)23/h3-6,11H,1-2H3,(H4,18,19,20,21,22,23,25)/t11-/m0/s1. The minimum atomic E-state index is -0.600. The van der Waals surface area contributed by atoms with E-state index in [1.807, 2.05) is 6.92 Å². The van der Waals surface area contributed by atoms with Crippen LogP contribution in [0.5, 0.6) is 0 Å². The van der Waals surface area contributed by atoms with Crippen molar-refractivity contribution >= 4 is 17.6 Å². The molecule has 0 bridgehead atoms. The molecular weight excluding hydrogens is 338 g/mol. The first-order chi connectivity index (χ1) is 12.5. The van der Waals surface area contributed by atoms with Gasteiger partial charge in [-0.15, -0.1) is 0 Å². The molecule has 2 aromatic heterocycles. The number of nitrogens with zero attached hydrogens (tertiary/aromatic N) is 1. The van der Waals surface area contributed by atoms with Gasteiger partial charge in [0, 0.05) is 17.2 Å². The third kappa shape index (κ3) is 2.32. The second kappa shape index (κ2) is 5.73. The summed E-state index contributed by atoms with van der Waals surface area (Å²) in [6.45, 7) is 1.86. The van der Waals surface area contributed by atoms with E-state index in [4.69, 9.17) is 4.74 Å². The molecule has 0 aliphatic carbocycles. The van der Waals surface area contributed by atoms with Crippen molar-refractivity contribution in [1.29, 1.82) is 0 Å². The van der Waals surface area contributed by atoms with Crippen LogP contribution in [0.15, 0.2) is 33.9 Å². The number of aromatic amines is 3. The normalized spacial score (nSPS) is 14.9. The Hall–Kier alpha value is -3.62. The van der Waals surface area contributed by atoms with Gasteiger partial charge in [-0.05, 0) is 24.6 Å². The maximum absolute atomic E-state index is 12.5. The van der Waals surface area contributed by atoms with Crippen LogP contribution >= 0.6 is 0 Å². The molecule has 4 N–H and O–H groups in total. The third-order valence-electron chi connectivity index (χ3n) is 4.46. The highest BCUT2D eigenvalue weighted by atomic mass is 16.5. The van der Waals surface area contributed by atoms with Crippen LogP contribution in [-0.2, 0) is 4.74 Å². The number of carbonyl (C=O) groups is 1. The SMILES string of the molecule is COC(=O)c1ccc([C@H]2c3c(n[nH]c3C)Nc3[nH]c(=O)[nH]c(=O)c32)cc1. The molecule has 1 atom stereocenters. The average molecular weight is 353 g/mol. The van der Waals surface area contributed by atoms with Gasteiger partial charge in [0.15, 0.2) is 5.82 Å². The lowest BCUT2D eigenvalue weighted by Gasteiger charge is -2.25. The zero-order valence-corrected chi connectivity index (χ0v) is 14.0. The topological polar surface area (TPSA) is 133 Å². The van der Waals surface area contributed by atoms with Crippen molar-refractivity contribution in [1.82, 2.24) is 20.2 Å². The summed E-state index contributed by atoms with van der Waals surface area (Å²) in [5, 5.41) is 10.1. The van der Waals surface area contributed by atoms with Crippen LogP contribution in [0, 0.1) is 6.92 Å². The van der Waals surface area contributed by atoms with Gasteiger partial charge in [-0.25, -0.2) is 9.59 Å². The van der Waals surface area contributed by atoms with E-state index in [0.717, 1.165) is 16.8 Å². The second-order valence-corrected chi connectivity index (χ2v) is 5.98. The Labute approximate surface area is 146 Å². The van der Waals surface area contributed by atoms with Crippen molar-refractivity contribution in [3.05, 3.63) is 73.1 Å². The van der Waals surface area contributed by atoms with E-state index in [9.17, 15) is 14.4 Å². The predicted molar refractivity (Wildman–Crippen MR) is 93.0 cm³/mol. The van der Waals surface area contributed by atoms with Gasteiger partial charge >= 0.3 is 11.7 Å². The molecule has 0 amide bonds. The number of anilines is 2. The summed E-state index contributed by atoms with van der Waals surface area (Å²) in [6, 6.07) is 6.79. The largest absolute Gasteiger partial charge is 0.465 e. The van der Waals surface area contributed by atoms with Gasteiger partial charge in [-0.3, -0.25) is 19.9 Å². The Morgan fingerprint density at radius 2 is 1.85 bits per heavy atom. The number of aryl methyl sites for hydroxylation is 1. The number of nitrogens with one attached hydrogen (secondary N) is 4. The molecule has 3 aromatic rings. The summed E-state index contributed by atoms with van der Waals surface area (Å²) in [5.41, 5.74) is 2.09. The number of esters is 1. The molecule has 4 rings (SSSR count). The quantitative estimate of drug-likeness (QED) is 0.399. The highest BCUT2D eigenvalue weighted by Crippen LogP contribution is 2.42. The van der Waals surface area contributed by atoms with Gasteiger partial charge in [-0.2, -0.15) is 5.10 Å². The van der Waals surface area contributed by atoms with Crippen molar-refractivity contribution in [2.75, 3.05) is 12.4 Å². The zero-order chi connectivity index (χ0) is 18.4. The number of hydrogen-bond acceptors (Lipinski definition) is 6. The van der Waals surface area contributed by atoms with E-state index >= 15 is 0 Å². The van der Waals surface area contributed by atoms with Gasteiger partial charge in [-0.1, -0.05) is 12.1 Å². The van der Waals surface area contributed by atoms with E-state index in [1.165, 1.54) is 7.11 Å². The van der Waals surface area contributed by atoms with Crippen LogP contribution in [0.3, 0.4) is 0 Å². The smallest absolute Gasteiger partial charge is 0.337 e. The Kier molecular flexibility index (Phi) is 3.50. The lowest BCUT2D eigenvalue weighted by molar-refractivity contribution is 0.0600. The maximum Gasteiger partial charge on any atom is 0.337 e. The summed E-state index contributed by atoms with van der Waals surface area (Å²) in [5.74, 6) is -0.0463. The minimum absolute atomic E-state index is 0.305. The number of methoxy groups -OCH3 is 1. The maximum atomic E-state index is 12.5. The lowest BCUT2D eigenvalue weighted by Crippen LogP contribution is -2.31. The van der Waals surface area contributed by atoms with Crippen LogP contribution in [0.25, 0.3) is 0 Å². The molecule has 0 saturated carbocycles. The Morgan fingerprint density at radius 3 is 2.54 bits per heavy atom. The van der Waals surface area contributed by atoms with E-state index in [0.29, 0.717) is 22.8 Å². The molecule has 3 heterocycles. The van der Waals surface area contributed by atoms with Gasteiger partial charge in [0.05, 0.1) is 18.2 Å².